The molecule has 1 N–H and O–H groups in total. The van der Waals surface area contributed by atoms with Crippen molar-refractivity contribution in [3.05, 3.63) is 93.4 Å². The van der Waals surface area contributed by atoms with Crippen molar-refractivity contribution in [2.75, 3.05) is 11.1 Å². The van der Waals surface area contributed by atoms with Crippen LogP contribution in [-0.2, 0) is 11.8 Å². The molecule has 2 aromatic heterocycles. The zero-order chi connectivity index (χ0) is 24.9. The van der Waals surface area contributed by atoms with E-state index in [4.69, 9.17) is 11.6 Å². The lowest BCUT2D eigenvalue weighted by atomic mass is 10.1. The fourth-order valence-electron chi connectivity index (χ4n) is 3.57. The van der Waals surface area contributed by atoms with Crippen molar-refractivity contribution in [1.29, 1.82) is 5.26 Å². The number of hydrogen-bond acceptors (Lipinski definition) is 5. The first-order chi connectivity index (χ1) is 16.9. The molecule has 2 aromatic carbocycles. The van der Waals surface area contributed by atoms with Gasteiger partial charge in [-0.25, -0.2) is 9.67 Å². The van der Waals surface area contributed by atoms with Crippen LogP contribution in [0.4, 0.5) is 5.69 Å². The number of carbonyl (C=O) groups excluding carboxylic acids is 1. The number of anilines is 1. The third kappa shape index (κ3) is 5.32. The van der Waals surface area contributed by atoms with E-state index in [-0.39, 0.29) is 23.6 Å². The number of amides is 1. The molecule has 35 heavy (non-hydrogen) atoms. The second-order valence-corrected chi connectivity index (χ2v) is 9.27. The van der Waals surface area contributed by atoms with E-state index in [2.05, 4.69) is 16.4 Å². The first kappa shape index (κ1) is 24.3. The summed E-state index contributed by atoms with van der Waals surface area (Å²) in [7, 11) is 1.78. The summed E-state index contributed by atoms with van der Waals surface area (Å²) in [5, 5.41) is 13.4. The summed E-state index contributed by atoms with van der Waals surface area (Å²) in [6.07, 6.45) is 0.154. The number of aromatic nitrogens is 3. The lowest BCUT2D eigenvalue weighted by Crippen LogP contribution is -2.23. The van der Waals surface area contributed by atoms with Gasteiger partial charge in [0.05, 0.1) is 22.6 Å². The standard InChI is InChI=1S/C26H22ClN5O2S/c1-17-24(26(34)32(31(17)2)21-6-4-3-5-7-21)30-23(33)14-15-35-25-19(16-28)10-13-22(29-25)18-8-11-20(27)12-9-18/h3-13H,14-15H2,1-2H3,(H,30,33). The Bertz CT molecular complexity index is 1470. The van der Waals surface area contributed by atoms with Gasteiger partial charge >= 0.3 is 0 Å². The summed E-state index contributed by atoms with van der Waals surface area (Å²) in [4.78, 5) is 30.3. The molecule has 176 valence electrons. The van der Waals surface area contributed by atoms with Crippen LogP contribution in [0.2, 0.25) is 5.02 Å². The van der Waals surface area contributed by atoms with Gasteiger partial charge in [0.25, 0.3) is 5.56 Å². The van der Waals surface area contributed by atoms with Crippen LogP contribution in [0.5, 0.6) is 0 Å². The van der Waals surface area contributed by atoms with E-state index in [9.17, 15) is 14.9 Å². The minimum Gasteiger partial charge on any atom is -0.320 e. The van der Waals surface area contributed by atoms with Crippen molar-refractivity contribution < 1.29 is 4.79 Å². The Hall–Kier alpha value is -3.80. The van der Waals surface area contributed by atoms with E-state index in [1.807, 2.05) is 42.5 Å². The van der Waals surface area contributed by atoms with Gasteiger partial charge in [-0.15, -0.1) is 11.8 Å². The number of para-hydroxylation sites is 1. The molecule has 4 rings (SSSR count). The topological polar surface area (TPSA) is 92.7 Å². The van der Waals surface area contributed by atoms with Crippen LogP contribution in [0.1, 0.15) is 17.7 Å². The number of halogens is 1. The molecule has 0 radical (unpaired) electrons. The number of nitriles is 1. The van der Waals surface area contributed by atoms with E-state index >= 15 is 0 Å². The van der Waals surface area contributed by atoms with Gasteiger partial charge in [0.2, 0.25) is 5.91 Å². The molecule has 7 nitrogen and oxygen atoms in total. The molecule has 0 atom stereocenters. The van der Waals surface area contributed by atoms with Crippen LogP contribution in [0.3, 0.4) is 0 Å². The Morgan fingerprint density at radius 2 is 1.83 bits per heavy atom. The molecule has 0 bridgehead atoms. The lowest BCUT2D eigenvalue weighted by Gasteiger charge is -2.08. The Morgan fingerprint density at radius 3 is 2.51 bits per heavy atom. The van der Waals surface area contributed by atoms with Gasteiger partial charge in [-0.2, -0.15) is 5.26 Å². The number of carbonyl (C=O) groups is 1. The highest BCUT2D eigenvalue weighted by Gasteiger charge is 2.18. The van der Waals surface area contributed by atoms with Crippen LogP contribution < -0.4 is 10.9 Å². The molecule has 0 aliphatic rings. The number of nitrogens with zero attached hydrogens (tertiary/aromatic N) is 4. The number of hydrogen-bond donors (Lipinski definition) is 1. The van der Waals surface area contributed by atoms with Crippen molar-refractivity contribution in [2.45, 2.75) is 18.4 Å². The van der Waals surface area contributed by atoms with Gasteiger partial charge in [-0.1, -0.05) is 41.9 Å². The molecule has 0 aliphatic carbocycles. The van der Waals surface area contributed by atoms with Gasteiger partial charge < -0.3 is 5.32 Å². The number of thioether (sulfide) groups is 1. The molecular weight excluding hydrogens is 482 g/mol. The number of benzene rings is 2. The minimum atomic E-state index is -0.290. The Kier molecular flexibility index (Phi) is 7.39. The van der Waals surface area contributed by atoms with Gasteiger partial charge in [0.1, 0.15) is 16.8 Å². The maximum absolute atomic E-state index is 13.0. The molecule has 0 spiro atoms. The molecule has 0 saturated heterocycles. The van der Waals surface area contributed by atoms with E-state index in [0.29, 0.717) is 32.8 Å². The summed E-state index contributed by atoms with van der Waals surface area (Å²) < 4.78 is 3.23. The minimum absolute atomic E-state index is 0.154. The zero-order valence-electron chi connectivity index (χ0n) is 19.2. The van der Waals surface area contributed by atoms with E-state index in [0.717, 1.165) is 11.3 Å². The first-order valence-corrected chi connectivity index (χ1v) is 12.2. The molecule has 0 unspecified atom stereocenters. The second kappa shape index (κ2) is 10.6. The molecule has 0 aliphatic heterocycles. The SMILES string of the molecule is Cc1c(NC(=O)CCSc2nc(-c3ccc(Cl)cc3)ccc2C#N)c(=O)n(-c2ccccc2)n1C. The highest BCUT2D eigenvalue weighted by atomic mass is 35.5. The van der Waals surface area contributed by atoms with E-state index in [1.54, 1.807) is 42.9 Å². The third-order valence-electron chi connectivity index (χ3n) is 5.51. The first-order valence-electron chi connectivity index (χ1n) is 10.8. The summed E-state index contributed by atoms with van der Waals surface area (Å²) in [6, 6.07) is 22.2. The molecule has 0 fully saturated rings. The lowest BCUT2D eigenvalue weighted by molar-refractivity contribution is -0.115. The van der Waals surface area contributed by atoms with Crippen molar-refractivity contribution in [3.63, 3.8) is 0 Å². The highest BCUT2D eigenvalue weighted by Crippen LogP contribution is 2.26. The van der Waals surface area contributed by atoms with Crippen LogP contribution in [0.15, 0.2) is 76.6 Å². The largest absolute Gasteiger partial charge is 0.320 e. The second-order valence-electron chi connectivity index (χ2n) is 7.75. The highest BCUT2D eigenvalue weighted by molar-refractivity contribution is 7.99. The number of pyridine rings is 1. The fourth-order valence-corrected chi connectivity index (χ4v) is 4.61. The van der Waals surface area contributed by atoms with Gasteiger partial charge in [0.15, 0.2) is 0 Å². The summed E-state index contributed by atoms with van der Waals surface area (Å²) >= 11 is 7.29. The van der Waals surface area contributed by atoms with Crippen LogP contribution in [-0.4, -0.2) is 26.0 Å². The predicted octanol–water partition coefficient (Wildman–Crippen LogP) is 5.19. The quantitative estimate of drug-likeness (QED) is 0.350. The molecular formula is C26H22ClN5O2S. The normalized spacial score (nSPS) is 10.7. The summed E-state index contributed by atoms with van der Waals surface area (Å²) in [6.45, 7) is 1.79. The fraction of sp³-hybridized carbons (Fsp3) is 0.154. The van der Waals surface area contributed by atoms with Crippen molar-refractivity contribution in [3.8, 4) is 23.0 Å². The Morgan fingerprint density at radius 1 is 1.11 bits per heavy atom. The Labute approximate surface area is 212 Å². The van der Waals surface area contributed by atoms with Crippen LogP contribution in [0, 0.1) is 18.3 Å². The maximum atomic E-state index is 13.0. The molecule has 0 saturated carbocycles. The summed E-state index contributed by atoms with van der Waals surface area (Å²) in [5.41, 5.74) is 3.38. The zero-order valence-corrected chi connectivity index (χ0v) is 20.7. The van der Waals surface area contributed by atoms with Crippen molar-refractivity contribution in [1.82, 2.24) is 14.3 Å². The van der Waals surface area contributed by atoms with Crippen LogP contribution >= 0.6 is 23.4 Å². The average Bonchev–Trinajstić information content (AvgIpc) is 3.08. The average molecular weight is 504 g/mol. The maximum Gasteiger partial charge on any atom is 0.295 e. The summed E-state index contributed by atoms with van der Waals surface area (Å²) in [5.74, 6) is 0.118. The predicted molar refractivity (Wildman–Crippen MR) is 139 cm³/mol. The van der Waals surface area contributed by atoms with Gasteiger partial charge in [-0.05, 0) is 43.3 Å². The van der Waals surface area contributed by atoms with Gasteiger partial charge in [-0.3, -0.25) is 14.3 Å². The monoisotopic (exact) mass is 503 g/mol. The van der Waals surface area contributed by atoms with E-state index < -0.39 is 0 Å². The molecule has 1 amide bonds. The molecule has 4 aromatic rings. The number of nitrogens with one attached hydrogen (secondary N) is 1. The van der Waals surface area contributed by atoms with Crippen molar-refractivity contribution >= 4 is 35.0 Å². The van der Waals surface area contributed by atoms with Gasteiger partial charge in [0, 0.05) is 29.8 Å². The number of rotatable bonds is 7. The Balaban J connectivity index is 1.45. The third-order valence-corrected chi connectivity index (χ3v) is 6.75. The van der Waals surface area contributed by atoms with E-state index in [1.165, 1.54) is 16.4 Å². The molecule has 9 heteroatoms. The van der Waals surface area contributed by atoms with Crippen molar-refractivity contribution in [2.24, 2.45) is 7.05 Å². The smallest absolute Gasteiger partial charge is 0.295 e. The molecule has 2 heterocycles. The van der Waals surface area contributed by atoms with Crippen LogP contribution in [0.25, 0.3) is 16.9 Å².